The molecule has 10 heavy (non-hydrogen) atoms. The van der Waals surface area contributed by atoms with Gasteiger partial charge in [-0.05, 0) is 19.9 Å². The van der Waals surface area contributed by atoms with Gasteiger partial charge >= 0.3 is 0 Å². The number of aliphatic hydroxyl groups excluding tert-OH is 1. The van der Waals surface area contributed by atoms with E-state index in [1.807, 2.05) is 7.05 Å². The smallest absolute Gasteiger partial charge is 0.0586 e. The number of hydrogen-bond acceptors (Lipinski definition) is 3. The van der Waals surface area contributed by atoms with Crippen molar-refractivity contribution in [1.29, 1.82) is 0 Å². The summed E-state index contributed by atoms with van der Waals surface area (Å²) in [5.74, 6) is 0. The van der Waals surface area contributed by atoms with Crippen LogP contribution in [0.25, 0.3) is 0 Å². The number of aliphatic hydroxyl groups is 1. The molecule has 0 saturated carbocycles. The molecule has 0 aliphatic carbocycles. The molecule has 1 fully saturated rings. The number of likely N-dealkylation sites (N-methyl/N-ethyl adjacent to an activating group) is 1. The van der Waals surface area contributed by atoms with Gasteiger partial charge in [-0.3, -0.25) is 4.90 Å². The molecule has 0 spiro atoms. The largest absolute Gasteiger partial charge is 0.395 e. The van der Waals surface area contributed by atoms with Gasteiger partial charge in [0.15, 0.2) is 0 Å². The van der Waals surface area contributed by atoms with Crippen molar-refractivity contribution >= 4 is 0 Å². The molecule has 1 aliphatic heterocycles. The van der Waals surface area contributed by atoms with E-state index in [0.29, 0.717) is 12.1 Å². The summed E-state index contributed by atoms with van der Waals surface area (Å²) < 4.78 is 0. The molecule has 3 heteroatoms. The van der Waals surface area contributed by atoms with E-state index in [1.54, 1.807) is 0 Å². The molecule has 2 atom stereocenters. The van der Waals surface area contributed by atoms with Crippen LogP contribution in [0.3, 0.4) is 0 Å². The van der Waals surface area contributed by atoms with E-state index in [9.17, 15) is 0 Å². The van der Waals surface area contributed by atoms with Gasteiger partial charge in [0.1, 0.15) is 0 Å². The Balaban J connectivity index is 2.36. The van der Waals surface area contributed by atoms with Gasteiger partial charge in [0.2, 0.25) is 0 Å². The summed E-state index contributed by atoms with van der Waals surface area (Å²) in [6, 6.07) is 0.660. The Bertz CT molecular complexity index is 108. The quantitative estimate of drug-likeness (QED) is 0.516. The van der Waals surface area contributed by atoms with Crippen LogP contribution < -0.4 is 5.73 Å². The minimum absolute atomic E-state index is 0.267. The summed E-state index contributed by atoms with van der Waals surface area (Å²) in [4.78, 5) is 2.13. The maximum atomic E-state index is 8.87. The zero-order valence-corrected chi connectivity index (χ0v) is 6.45. The van der Waals surface area contributed by atoms with Crippen molar-refractivity contribution in [2.75, 3.05) is 20.2 Å². The Morgan fingerprint density at radius 2 is 2.30 bits per heavy atom. The van der Waals surface area contributed by atoms with Crippen LogP contribution in [0.1, 0.15) is 12.8 Å². The maximum Gasteiger partial charge on any atom is 0.0586 e. The number of piperidine rings is 1. The first kappa shape index (κ1) is 7.98. The molecular formula is C7H16N2O. The minimum Gasteiger partial charge on any atom is -0.395 e. The fourth-order valence-electron chi connectivity index (χ4n) is 1.47. The summed E-state index contributed by atoms with van der Waals surface area (Å²) in [5.41, 5.74) is 5.72. The third kappa shape index (κ3) is 1.68. The summed E-state index contributed by atoms with van der Waals surface area (Å²) in [6.45, 7) is 1.19. The molecule has 60 valence electrons. The SMILES string of the molecule is CN1C[C@@H](N)CC[C@H]1CO. The Kier molecular flexibility index (Phi) is 2.65. The van der Waals surface area contributed by atoms with E-state index < -0.39 is 0 Å². The van der Waals surface area contributed by atoms with Crippen LogP contribution in [0.5, 0.6) is 0 Å². The van der Waals surface area contributed by atoms with Gasteiger partial charge in [0, 0.05) is 18.6 Å². The van der Waals surface area contributed by atoms with Crippen molar-refractivity contribution in [3.05, 3.63) is 0 Å². The van der Waals surface area contributed by atoms with Crippen molar-refractivity contribution in [3.63, 3.8) is 0 Å². The van der Waals surface area contributed by atoms with Crippen molar-refractivity contribution in [2.24, 2.45) is 5.73 Å². The van der Waals surface area contributed by atoms with E-state index in [2.05, 4.69) is 4.90 Å². The Morgan fingerprint density at radius 1 is 1.60 bits per heavy atom. The third-order valence-corrected chi connectivity index (χ3v) is 2.23. The molecular weight excluding hydrogens is 128 g/mol. The van der Waals surface area contributed by atoms with Crippen molar-refractivity contribution in [3.8, 4) is 0 Å². The molecule has 1 aliphatic rings. The van der Waals surface area contributed by atoms with Crippen LogP contribution in [0.4, 0.5) is 0 Å². The lowest BCUT2D eigenvalue weighted by Crippen LogP contribution is -2.47. The first-order chi connectivity index (χ1) is 4.74. The lowest BCUT2D eigenvalue weighted by atomic mass is 10.0. The highest BCUT2D eigenvalue weighted by Crippen LogP contribution is 2.13. The first-order valence-corrected chi connectivity index (χ1v) is 3.80. The summed E-state index contributed by atoms with van der Waals surface area (Å²) in [7, 11) is 2.01. The second-order valence-corrected chi connectivity index (χ2v) is 3.11. The van der Waals surface area contributed by atoms with Crippen molar-refractivity contribution in [1.82, 2.24) is 4.90 Å². The number of rotatable bonds is 1. The normalized spacial score (nSPS) is 36.3. The maximum absolute atomic E-state index is 8.87. The van der Waals surface area contributed by atoms with E-state index in [0.717, 1.165) is 19.4 Å². The predicted octanol–water partition coefficient (Wildman–Crippen LogP) is -0.600. The molecule has 3 N–H and O–H groups in total. The Labute approximate surface area is 61.8 Å². The molecule has 0 radical (unpaired) electrons. The molecule has 1 saturated heterocycles. The number of nitrogens with two attached hydrogens (primary N) is 1. The summed E-state index contributed by atoms with van der Waals surface area (Å²) >= 11 is 0. The Morgan fingerprint density at radius 3 is 2.80 bits per heavy atom. The first-order valence-electron chi connectivity index (χ1n) is 3.80. The van der Waals surface area contributed by atoms with Crippen molar-refractivity contribution in [2.45, 2.75) is 24.9 Å². The summed E-state index contributed by atoms with van der Waals surface area (Å²) in [5, 5.41) is 8.87. The summed E-state index contributed by atoms with van der Waals surface area (Å²) in [6.07, 6.45) is 2.09. The second-order valence-electron chi connectivity index (χ2n) is 3.11. The van der Waals surface area contributed by atoms with E-state index in [1.165, 1.54) is 0 Å². The van der Waals surface area contributed by atoms with E-state index in [-0.39, 0.29) is 6.61 Å². The topological polar surface area (TPSA) is 49.5 Å². The van der Waals surface area contributed by atoms with Crippen LogP contribution in [-0.4, -0.2) is 42.3 Å². The standard InChI is InChI=1S/C7H16N2O/c1-9-4-6(8)2-3-7(9)5-10/h6-7,10H,2-5,8H2,1H3/t6-,7-/m0/s1. The monoisotopic (exact) mass is 144 g/mol. The highest BCUT2D eigenvalue weighted by atomic mass is 16.3. The van der Waals surface area contributed by atoms with Gasteiger partial charge in [0.05, 0.1) is 6.61 Å². The molecule has 0 aromatic carbocycles. The number of likely N-dealkylation sites (tertiary alicyclic amines) is 1. The zero-order valence-electron chi connectivity index (χ0n) is 6.45. The second kappa shape index (κ2) is 3.32. The van der Waals surface area contributed by atoms with Crippen LogP contribution >= 0.6 is 0 Å². The number of nitrogens with zero attached hydrogens (tertiary/aromatic N) is 1. The van der Waals surface area contributed by atoms with Crippen LogP contribution in [0.2, 0.25) is 0 Å². The fraction of sp³-hybridized carbons (Fsp3) is 1.00. The molecule has 1 rings (SSSR count). The zero-order chi connectivity index (χ0) is 7.56. The molecule has 0 aromatic rings. The Hall–Kier alpha value is -0.120. The lowest BCUT2D eigenvalue weighted by Gasteiger charge is -2.34. The third-order valence-electron chi connectivity index (χ3n) is 2.23. The predicted molar refractivity (Wildman–Crippen MR) is 40.7 cm³/mol. The fourth-order valence-corrected chi connectivity index (χ4v) is 1.47. The van der Waals surface area contributed by atoms with Gasteiger partial charge in [-0.2, -0.15) is 0 Å². The van der Waals surface area contributed by atoms with Crippen molar-refractivity contribution < 1.29 is 5.11 Å². The van der Waals surface area contributed by atoms with Gasteiger partial charge in [-0.1, -0.05) is 0 Å². The molecule has 1 heterocycles. The van der Waals surface area contributed by atoms with Gasteiger partial charge < -0.3 is 10.8 Å². The average Bonchev–Trinajstić information content (AvgIpc) is 1.88. The highest BCUT2D eigenvalue weighted by molar-refractivity contribution is 4.80. The van der Waals surface area contributed by atoms with Crippen LogP contribution in [0, 0.1) is 0 Å². The van der Waals surface area contributed by atoms with Crippen LogP contribution in [-0.2, 0) is 0 Å². The average molecular weight is 144 g/mol. The van der Waals surface area contributed by atoms with E-state index >= 15 is 0 Å². The number of hydrogen-bond donors (Lipinski definition) is 2. The minimum atomic E-state index is 0.267. The van der Waals surface area contributed by atoms with E-state index in [4.69, 9.17) is 10.8 Å². The molecule has 0 aromatic heterocycles. The molecule has 3 nitrogen and oxygen atoms in total. The molecule has 0 bridgehead atoms. The van der Waals surface area contributed by atoms with Crippen LogP contribution in [0.15, 0.2) is 0 Å². The molecule has 0 amide bonds. The van der Waals surface area contributed by atoms with Gasteiger partial charge in [0.25, 0.3) is 0 Å². The lowest BCUT2D eigenvalue weighted by molar-refractivity contribution is 0.104. The van der Waals surface area contributed by atoms with Gasteiger partial charge in [-0.25, -0.2) is 0 Å². The van der Waals surface area contributed by atoms with Gasteiger partial charge in [-0.15, -0.1) is 0 Å². The molecule has 0 unspecified atom stereocenters. The highest BCUT2D eigenvalue weighted by Gasteiger charge is 2.21.